The number of anilines is 1. The van der Waals surface area contributed by atoms with E-state index >= 15 is 0 Å². The molecular formula is C27H31ClN2O5S. The van der Waals surface area contributed by atoms with Crippen molar-refractivity contribution >= 4 is 46.8 Å². The number of thioether (sulfide) groups is 1. The van der Waals surface area contributed by atoms with Crippen LogP contribution in [0.1, 0.15) is 25.8 Å². The van der Waals surface area contributed by atoms with Crippen LogP contribution in [-0.2, 0) is 19.1 Å². The zero-order valence-corrected chi connectivity index (χ0v) is 22.2. The van der Waals surface area contributed by atoms with E-state index in [1.54, 1.807) is 15.9 Å². The predicted octanol–water partition coefficient (Wildman–Crippen LogP) is 3.37. The third-order valence-corrected chi connectivity index (χ3v) is 9.88. The SMILES string of the molecule is Cc1cccc(Cl)c1N1CC=C[C@]23S[C@@H]4C=CCCOC(=O)[C@@H]4[C@H]2C(=O)N([C@@H](CO)C(C)C)C3C1=O. The van der Waals surface area contributed by atoms with Gasteiger partial charge in [0, 0.05) is 11.8 Å². The molecule has 0 aromatic heterocycles. The molecule has 1 aromatic carbocycles. The van der Waals surface area contributed by atoms with Crippen LogP contribution in [0.5, 0.6) is 0 Å². The molecular weight excluding hydrogens is 500 g/mol. The Labute approximate surface area is 220 Å². The Hall–Kier alpha value is -2.29. The van der Waals surface area contributed by atoms with Gasteiger partial charge in [0.1, 0.15) is 6.04 Å². The molecule has 1 unspecified atom stereocenters. The lowest BCUT2D eigenvalue weighted by Gasteiger charge is -2.40. The number of benzene rings is 1. The lowest BCUT2D eigenvalue weighted by molar-refractivity contribution is -0.153. The number of hydrogen-bond donors (Lipinski definition) is 1. The quantitative estimate of drug-likeness (QED) is 0.474. The number of fused-ring (bicyclic) bond motifs is 2. The maximum Gasteiger partial charge on any atom is 0.311 e. The van der Waals surface area contributed by atoms with E-state index in [4.69, 9.17) is 16.3 Å². The lowest BCUT2D eigenvalue weighted by atomic mass is 9.78. The molecule has 7 nitrogen and oxygen atoms in total. The number of nitrogens with zero attached hydrogens (tertiary/aromatic N) is 2. The highest BCUT2D eigenvalue weighted by atomic mass is 35.5. The van der Waals surface area contributed by atoms with Crippen LogP contribution in [0.15, 0.2) is 42.5 Å². The molecule has 4 heterocycles. The summed E-state index contributed by atoms with van der Waals surface area (Å²) in [4.78, 5) is 45.1. The molecule has 1 aromatic rings. The Bertz CT molecular complexity index is 1130. The fraction of sp³-hybridized carbons (Fsp3) is 0.519. The summed E-state index contributed by atoms with van der Waals surface area (Å²) in [5.74, 6) is -2.52. The fourth-order valence-corrected chi connectivity index (χ4v) is 8.50. The lowest BCUT2D eigenvalue weighted by Crippen LogP contribution is -2.57. The minimum absolute atomic E-state index is 0.102. The predicted molar refractivity (Wildman–Crippen MR) is 140 cm³/mol. The summed E-state index contributed by atoms with van der Waals surface area (Å²) < 4.78 is 4.55. The number of hydrogen-bond acceptors (Lipinski definition) is 6. The van der Waals surface area contributed by atoms with Crippen LogP contribution in [-0.4, -0.2) is 69.6 Å². The number of halogens is 1. The van der Waals surface area contributed by atoms with Gasteiger partial charge in [-0.3, -0.25) is 14.4 Å². The summed E-state index contributed by atoms with van der Waals surface area (Å²) in [6.07, 6.45) is 8.45. The summed E-state index contributed by atoms with van der Waals surface area (Å²) >= 11 is 8.07. The Morgan fingerprint density at radius 3 is 2.69 bits per heavy atom. The van der Waals surface area contributed by atoms with E-state index in [9.17, 15) is 19.5 Å². The van der Waals surface area contributed by atoms with E-state index < -0.39 is 34.6 Å². The van der Waals surface area contributed by atoms with Crippen molar-refractivity contribution in [1.82, 2.24) is 4.90 Å². The van der Waals surface area contributed by atoms with Crippen LogP contribution in [0.2, 0.25) is 5.02 Å². The second-order valence-corrected chi connectivity index (χ2v) is 12.1. The summed E-state index contributed by atoms with van der Waals surface area (Å²) in [6, 6.07) is 4.01. The molecule has 1 N–H and O–H groups in total. The Morgan fingerprint density at radius 1 is 1.22 bits per heavy atom. The van der Waals surface area contributed by atoms with Gasteiger partial charge in [0.15, 0.2) is 0 Å². The molecule has 6 atom stereocenters. The molecule has 4 aliphatic heterocycles. The van der Waals surface area contributed by atoms with Gasteiger partial charge in [-0.1, -0.05) is 61.9 Å². The van der Waals surface area contributed by atoms with Crippen molar-refractivity contribution in [2.45, 2.75) is 49.3 Å². The topological polar surface area (TPSA) is 87.2 Å². The van der Waals surface area contributed by atoms with Crippen molar-refractivity contribution in [3.63, 3.8) is 0 Å². The van der Waals surface area contributed by atoms with Gasteiger partial charge < -0.3 is 19.6 Å². The molecule has 1 spiro atoms. The van der Waals surface area contributed by atoms with Gasteiger partial charge in [0.05, 0.1) is 46.5 Å². The minimum atomic E-state index is -0.969. The summed E-state index contributed by atoms with van der Waals surface area (Å²) in [5, 5.41) is 10.5. The first kappa shape index (κ1) is 25.4. The van der Waals surface area contributed by atoms with Crippen molar-refractivity contribution in [2.75, 3.05) is 24.7 Å². The summed E-state index contributed by atoms with van der Waals surface area (Å²) in [7, 11) is 0. The number of carbonyl (C=O) groups excluding carboxylic acids is 3. The van der Waals surface area contributed by atoms with Crippen LogP contribution in [0, 0.1) is 24.7 Å². The average Bonchev–Trinajstić information content (AvgIpc) is 3.19. The van der Waals surface area contributed by atoms with E-state index in [0.29, 0.717) is 17.1 Å². The van der Waals surface area contributed by atoms with Crippen molar-refractivity contribution in [2.24, 2.45) is 17.8 Å². The van der Waals surface area contributed by atoms with Gasteiger partial charge in [-0.2, -0.15) is 0 Å². The maximum absolute atomic E-state index is 14.5. The third kappa shape index (κ3) is 3.72. The zero-order valence-electron chi connectivity index (χ0n) is 20.6. The van der Waals surface area contributed by atoms with Crippen molar-refractivity contribution in [1.29, 1.82) is 0 Å². The first-order chi connectivity index (χ1) is 17.2. The van der Waals surface area contributed by atoms with Gasteiger partial charge in [0.2, 0.25) is 5.91 Å². The fourth-order valence-electron chi connectivity index (χ4n) is 6.19. The number of rotatable bonds is 4. The largest absolute Gasteiger partial charge is 0.465 e. The number of likely N-dealkylation sites (tertiary alicyclic amines) is 1. The van der Waals surface area contributed by atoms with Crippen LogP contribution < -0.4 is 4.90 Å². The van der Waals surface area contributed by atoms with Crippen LogP contribution in [0.4, 0.5) is 5.69 Å². The van der Waals surface area contributed by atoms with Gasteiger partial charge in [-0.25, -0.2) is 0 Å². The average molecular weight is 531 g/mol. The second kappa shape index (κ2) is 9.54. The Kier molecular flexibility index (Phi) is 6.72. The molecule has 36 heavy (non-hydrogen) atoms. The van der Waals surface area contributed by atoms with Crippen molar-refractivity contribution in [3.05, 3.63) is 53.1 Å². The molecule has 192 valence electrons. The number of carbonyl (C=O) groups is 3. The van der Waals surface area contributed by atoms with E-state index in [2.05, 4.69) is 0 Å². The monoisotopic (exact) mass is 530 g/mol. The molecule has 0 radical (unpaired) electrons. The smallest absolute Gasteiger partial charge is 0.311 e. The number of ether oxygens (including phenoxy) is 1. The summed E-state index contributed by atoms with van der Waals surface area (Å²) in [5.41, 5.74) is 1.46. The van der Waals surface area contributed by atoms with E-state index in [1.807, 2.05) is 57.2 Å². The van der Waals surface area contributed by atoms with Gasteiger partial charge in [-0.15, -0.1) is 11.8 Å². The highest BCUT2D eigenvalue weighted by Crippen LogP contribution is 2.61. The molecule has 2 saturated heterocycles. The number of esters is 1. The molecule has 5 rings (SSSR count). The van der Waals surface area contributed by atoms with Crippen molar-refractivity contribution < 1.29 is 24.2 Å². The molecule has 2 fully saturated rings. The van der Waals surface area contributed by atoms with Crippen LogP contribution >= 0.6 is 23.4 Å². The van der Waals surface area contributed by atoms with E-state index in [-0.39, 0.29) is 42.7 Å². The van der Waals surface area contributed by atoms with Crippen LogP contribution in [0.3, 0.4) is 0 Å². The number of cyclic esters (lactones) is 1. The minimum Gasteiger partial charge on any atom is -0.465 e. The highest BCUT2D eigenvalue weighted by molar-refractivity contribution is 8.02. The maximum atomic E-state index is 14.5. The van der Waals surface area contributed by atoms with E-state index in [0.717, 1.165) is 5.56 Å². The van der Waals surface area contributed by atoms with Gasteiger partial charge >= 0.3 is 5.97 Å². The third-order valence-electron chi connectivity index (χ3n) is 7.83. The molecule has 9 heteroatoms. The molecule has 0 bridgehead atoms. The van der Waals surface area contributed by atoms with Gasteiger partial charge in [-0.05, 0) is 30.9 Å². The molecule has 4 aliphatic rings. The first-order valence-corrected chi connectivity index (χ1v) is 13.7. The second-order valence-electron chi connectivity index (χ2n) is 10.2. The highest BCUT2D eigenvalue weighted by Gasteiger charge is 2.72. The number of amides is 2. The number of aliphatic hydroxyl groups excluding tert-OH is 1. The number of aryl methyl sites for hydroxylation is 1. The standard InChI is InChI=1S/C27H31ClN2O5S/c1-15(2)18(14-31)30-23-25(33)29(22-16(3)8-6-9-17(22)28)12-7-11-27(23)21(24(30)32)20-19(36-27)10-4-5-13-35-26(20)34/h4,6-11,15,18-21,23,31H,5,12-14H2,1-3H3/t18-,19+,20-,21-,23?,27-/m0/s1. The molecule has 0 saturated carbocycles. The van der Waals surface area contributed by atoms with Crippen LogP contribution in [0.25, 0.3) is 0 Å². The zero-order chi connectivity index (χ0) is 25.8. The van der Waals surface area contributed by atoms with E-state index in [1.165, 1.54) is 11.8 Å². The Morgan fingerprint density at radius 2 is 2.00 bits per heavy atom. The summed E-state index contributed by atoms with van der Waals surface area (Å²) in [6.45, 7) is 6.02. The molecule has 0 aliphatic carbocycles. The Balaban J connectivity index is 1.69. The van der Waals surface area contributed by atoms with Crippen molar-refractivity contribution in [3.8, 4) is 0 Å². The van der Waals surface area contributed by atoms with Gasteiger partial charge in [0.25, 0.3) is 5.91 Å². The normalized spacial score (nSPS) is 32.6. The number of aliphatic hydroxyl groups is 1. The first-order valence-electron chi connectivity index (χ1n) is 12.4. The molecule has 2 amide bonds. The number of para-hydroxylation sites is 1.